The molecule has 2 aromatic rings. The number of carboxylic acid groups (broad SMARTS) is 1. The van der Waals surface area contributed by atoms with Crippen molar-refractivity contribution in [1.82, 2.24) is 25.6 Å². The van der Waals surface area contributed by atoms with Crippen LogP contribution in [0.3, 0.4) is 0 Å². The molecular weight excluding hydrogens is 628 g/mol. The van der Waals surface area contributed by atoms with Crippen molar-refractivity contribution in [2.45, 2.75) is 36.8 Å². The molecule has 45 heavy (non-hydrogen) atoms. The van der Waals surface area contributed by atoms with Gasteiger partial charge in [-0.25, -0.2) is 24.7 Å². The lowest BCUT2D eigenvalue weighted by atomic mass is 9.96. The van der Waals surface area contributed by atoms with E-state index in [0.717, 1.165) is 15.4 Å². The maximum absolute atomic E-state index is 13.0. The van der Waals surface area contributed by atoms with E-state index in [4.69, 9.17) is 16.3 Å². The lowest BCUT2D eigenvalue weighted by molar-refractivity contribution is -0.151. The zero-order valence-corrected chi connectivity index (χ0v) is 25.3. The summed E-state index contributed by atoms with van der Waals surface area (Å²) in [6.07, 6.45) is -0.117. The third-order valence-corrected chi connectivity index (χ3v) is 9.39. The number of hydrazine groups is 1. The van der Waals surface area contributed by atoms with E-state index in [1.54, 1.807) is 30.3 Å². The number of urea groups is 2. The van der Waals surface area contributed by atoms with Gasteiger partial charge in [-0.15, -0.1) is 11.8 Å². The van der Waals surface area contributed by atoms with Crippen LogP contribution in [0, 0.1) is 0 Å². The predicted molar refractivity (Wildman–Crippen MR) is 161 cm³/mol. The van der Waals surface area contributed by atoms with E-state index in [0.29, 0.717) is 21.8 Å². The minimum atomic E-state index is -1.32. The summed E-state index contributed by atoms with van der Waals surface area (Å²) >= 11 is 7.37. The van der Waals surface area contributed by atoms with Gasteiger partial charge in [0.25, 0.3) is 5.91 Å². The SMILES string of the molecule is CC(=O)OCC1=C(C(=O)O)N2C(=O)C(NC(=O)Cc3cccc(NC(=O)N4CC5C(c6cccc(Cl)c6)NN5C4=O)c3)[C@@H]2SC1. The van der Waals surface area contributed by atoms with Crippen molar-refractivity contribution < 1.29 is 38.6 Å². The molecule has 16 heteroatoms. The van der Waals surface area contributed by atoms with Crippen LogP contribution in [0.1, 0.15) is 24.1 Å². The number of β-lactam (4-membered cyclic amide) rings is 1. The Balaban J connectivity index is 1.04. The number of nitrogens with zero attached hydrogens (tertiary/aromatic N) is 3. The molecule has 2 aromatic carbocycles. The summed E-state index contributed by atoms with van der Waals surface area (Å²) < 4.78 is 4.93. The molecule has 0 saturated carbocycles. The first-order valence-corrected chi connectivity index (χ1v) is 15.3. The fourth-order valence-electron chi connectivity index (χ4n) is 5.69. The number of carboxylic acids is 1. The Morgan fingerprint density at radius 1 is 1.13 bits per heavy atom. The van der Waals surface area contributed by atoms with E-state index in [9.17, 15) is 33.9 Å². The normalized spacial score (nSPS) is 23.5. The van der Waals surface area contributed by atoms with E-state index >= 15 is 0 Å². The molecular formula is C29H27ClN6O8S. The van der Waals surface area contributed by atoms with Gasteiger partial charge in [0.15, 0.2) is 0 Å². The minimum Gasteiger partial charge on any atom is -0.477 e. The maximum Gasteiger partial charge on any atom is 0.352 e. The number of carbonyl (C=O) groups is 6. The number of nitrogens with one attached hydrogen (secondary N) is 3. The first-order valence-electron chi connectivity index (χ1n) is 13.9. The molecule has 6 rings (SSSR count). The van der Waals surface area contributed by atoms with Crippen molar-refractivity contribution in [3.05, 3.63) is 76.0 Å². The molecule has 14 nitrogen and oxygen atoms in total. The Kier molecular flexibility index (Phi) is 8.16. The smallest absolute Gasteiger partial charge is 0.352 e. The predicted octanol–water partition coefficient (Wildman–Crippen LogP) is 2.08. The number of imide groups is 1. The highest BCUT2D eigenvalue weighted by Gasteiger charge is 2.54. The molecule has 0 bridgehead atoms. The van der Waals surface area contributed by atoms with E-state index in [1.807, 2.05) is 18.2 Å². The lowest BCUT2D eigenvalue weighted by Gasteiger charge is -2.49. The first kappa shape index (κ1) is 30.4. The Hall–Kier alpha value is -4.60. The van der Waals surface area contributed by atoms with Crippen LogP contribution in [0.5, 0.6) is 0 Å². The Labute approximate surface area is 265 Å². The van der Waals surface area contributed by atoms with Gasteiger partial charge in [0.1, 0.15) is 23.7 Å². The van der Waals surface area contributed by atoms with Crippen LogP contribution in [0.2, 0.25) is 5.02 Å². The summed E-state index contributed by atoms with van der Waals surface area (Å²) in [6.45, 7) is 1.14. The maximum atomic E-state index is 13.0. The molecule has 6 amide bonds. The average Bonchev–Trinajstić information content (AvgIpc) is 3.23. The number of fused-ring (bicyclic) bond motifs is 2. The number of thioether (sulfide) groups is 1. The van der Waals surface area contributed by atoms with Crippen molar-refractivity contribution in [2.75, 3.05) is 24.2 Å². The van der Waals surface area contributed by atoms with E-state index < -0.39 is 47.2 Å². The molecule has 3 saturated heterocycles. The van der Waals surface area contributed by atoms with Crippen LogP contribution >= 0.6 is 23.4 Å². The first-order chi connectivity index (χ1) is 21.5. The third kappa shape index (κ3) is 5.81. The molecule has 0 radical (unpaired) electrons. The number of halogens is 1. The number of benzene rings is 2. The second-order valence-corrected chi connectivity index (χ2v) is 12.3. The Bertz CT molecular complexity index is 1670. The van der Waals surface area contributed by atoms with Crippen LogP contribution in [0.4, 0.5) is 15.3 Å². The van der Waals surface area contributed by atoms with Gasteiger partial charge in [-0.05, 0) is 35.4 Å². The fraction of sp³-hybridized carbons (Fsp3) is 0.310. The minimum absolute atomic E-state index is 0.117. The average molecular weight is 655 g/mol. The fourth-order valence-corrected chi connectivity index (χ4v) is 7.21. The van der Waals surface area contributed by atoms with Crippen LogP contribution in [-0.4, -0.2) is 92.1 Å². The van der Waals surface area contributed by atoms with Gasteiger partial charge < -0.3 is 20.5 Å². The Morgan fingerprint density at radius 2 is 1.91 bits per heavy atom. The topological polar surface area (TPSA) is 178 Å². The highest BCUT2D eigenvalue weighted by molar-refractivity contribution is 8.00. The number of hydrogen-bond acceptors (Lipinski definition) is 9. The van der Waals surface area contributed by atoms with Crippen LogP contribution in [0.25, 0.3) is 0 Å². The van der Waals surface area contributed by atoms with E-state index in [-0.39, 0.29) is 43.1 Å². The van der Waals surface area contributed by atoms with Crippen molar-refractivity contribution in [2.24, 2.45) is 0 Å². The Morgan fingerprint density at radius 3 is 2.64 bits per heavy atom. The van der Waals surface area contributed by atoms with Crippen LogP contribution < -0.4 is 16.1 Å². The van der Waals surface area contributed by atoms with E-state index in [1.165, 1.54) is 23.7 Å². The number of ether oxygens (including phenoxy) is 1. The number of aliphatic carboxylic acids is 1. The number of anilines is 1. The van der Waals surface area contributed by atoms with Crippen LogP contribution in [0.15, 0.2) is 59.8 Å². The van der Waals surface area contributed by atoms with Gasteiger partial charge in [-0.3, -0.25) is 24.3 Å². The number of rotatable bonds is 8. The molecule has 4 heterocycles. The molecule has 3 unspecified atom stereocenters. The highest BCUT2D eigenvalue weighted by Crippen LogP contribution is 2.40. The molecule has 4 N–H and O–H groups in total. The second kappa shape index (κ2) is 12.1. The van der Waals surface area contributed by atoms with Crippen LogP contribution in [-0.2, 0) is 30.3 Å². The monoisotopic (exact) mass is 654 g/mol. The summed E-state index contributed by atoms with van der Waals surface area (Å²) in [5.74, 6) is -2.73. The lowest BCUT2D eigenvalue weighted by Crippen LogP contribution is -2.70. The molecule has 0 aliphatic carbocycles. The number of esters is 1. The molecule has 0 aromatic heterocycles. The molecule has 3 fully saturated rings. The molecule has 4 atom stereocenters. The summed E-state index contributed by atoms with van der Waals surface area (Å²) in [7, 11) is 0. The van der Waals surface area contributed by atoms with Crippen molar-refractivity contribution >= 4 is 64.9 Å². The molecule has 234 valence electrons. The summed E-state index contributed by atoms with van der Waals surface area (Å²) in [6, 6.07) is 11.4. The second-order valence-electron chi connectivity index (χ2n) is 10.8. The molecule has 4 aliphatic rings. The number of carbonyl (C=O) groups excluding carboxylic acids is 5. The highest BCUT2D eigenvalue weighted by atomic mass is 35.5. The molecule has 4 aliphatic heterocycles. The van der Waals surface area contributed by atoms with Gasteiger partial charge in [-0.1, -0.05) is 35.9 Å². The third-order valence-electron chi connectivity index (χ3n) is 7.81. The largest absolute Gasteiger partial charge is 0.477 e. The zero-order chi connectivity index (χ0) is 32.0. The quantitative estimate of drug-likeness (QED) is 0.243. The van der Waals surface area contributed by atoms with Gasteiger partial charge in [0, 0.05) is 29.0 Å². The molecule has 0 spiro atoms. The zero-order valence-electron chi connectivity index (χ0n) is 23.7. The van der Waals surface area contributed by atoms with Gasteiger partial charge >= 0.3 is 24.0 Å². The standard InChI is InChI=1S/C29H27ClN6O8S/c1-14(37)44-12-17-13-45-26-23(25(39)35(26)24(17)27(40)41)32-21(38)9-15-4-2-7-19(8-15)31-28(42)34-11-20-22(33-36(20)29(34)43)16-5-3-6-18(30)10-16/h2-8,10,20,22-23,26,33H,9,11-13H2,1H3,(H,31,42)(H,32,38)(H,40,41)/t20?,22?,23?,26-/m0/s1. The summed E-state index contributed by atoms with van der Waals surface area (Å²) in [4.78, 5) is 76.9. The van der Waals surface area contributed by atoms with E-state index in [2.05, 4.69) is 16.1 Å². The summed E-state index contributed by atoms with van der Waals surface area (Å²) in [5, 5.41) is 16.4. The van der Waals surface area contributed by atoms with Crippen molar-refractivity contribution in [3.8, 4) is 0 Å². The number of amides is 6. The van der Waals surface area contributed by atoms with Crippen molar-refractivity contribution in [3.63, 3.8) is 0 Å². The van der Waals surface area contributed by atoms with Gasteiger partial charge in [0.2, 0.25) is 5.91 Å². The van der Waals surface area contributed by atoms with Crippen molar-refractivity contribution in [1.29, 1.82) is 0 Å². The van der Waals surface area contributed by atoms with Gasteiger partial charge in [0.05, 0.1) is 25.0 Å². The van der Waals surface area contributed by atoms with Gasteiger partial charge in [-0.2, -0.15) is 0 Å². The number of hydrogen-bond donors (Lipinski definition) is 4. The summed E-state index contributed by atoms with van der Waals surface area (Å²) in [5.41, 5.74) is 4.94.